The molecule has 22 heavy (non-hydrogen) atoms. The molecule has 126 valence electrons. The molecule has 1 aliphatic rings. The number of carbonyl (C=O) groups excluding carboxylic acids is 1. The lowest BCUT2D eigenvalue weighted by Gasteiger charge is -2.12. The molecule has 1 aliphatic heterocycles. The smallest absolute Gasteiger partial charge is 0.302 e. The van der Waals surface area contributed by atoms with Crippen molar-refractivity contribution in [1.82, 2.24) is 10.0 Å². The quantitative estimate of drug-likeness (QED) is 0.147. The summed E-state index contributed by atoms with van der Waals surface area (Å²) >= 11 is 0. The molecule has 0 aromatic rings. The summed E-state index contributed by atoms with van der Waals surface area (Å²) < 4.78 is 4.67. The van der Waals surface area contributed by atoms with E-state index in [1.54, 1.807) is 0 Å². The molecule has 0 spiro atoms. The van der Waals surface area contributed by atoms with E-state index in [1.165, 1.54) is 19.0 Å². The summed E-state index contributed by atoms with van der Waals surface area (Å²) in [6, 6.07) is 0. The van der Waals surface area contributed by atoms with E-state index in [9.17, 15) is 15.2 Å². The summed E-state index contributed by atoms with van der Waals surface area (Å²) in [5.41, 5.74) is 0. The van der Waals surface area contributed by atoms with Crippen molar-refractivity contribution in [2.24, 2.45) is 10.6 Å². The van der Waals surface area contributed by atoms with Crippen molar-refractivity contribution in [2.75, 3.05) is 40.1 Å². The van der Waals surface area contributed by atoms with Gasteiger partial charge in [-0.3, -0.25) is 14.5 Å². The van der Waals surface area contributed by atoms with E-state index in [1.807, 2.05) is 0 Å². The van der Waals surface area contributed by atoms with Crippen LogP contribution in [0.2, 0.25) is 0 Å². The van der Waals surface area contributed by atoms with Crippen LogP contribution in [-0.4, -0.2) is 66.0 Å². The molecule has 0 unspecified atom stereocenters. The second kappa shape index (κ2) is 9.41. The second-order valence-corrected chi connectivity index (χ2v) is 4.43. The van der Waals surface area contributed by atoms with Gasteiger partial charge in [0.05, 0.1) is 30.1 Å². The topological polar surface area (TPSA) is 128 Å². The molecule has 0 atom stereocenters. The van der Waals surface area contributed by atoms with Gasteiger partial charge in [-0.25, -0.2) is 0 Å². The summed E-state index contributed by atoms with van der Waals surface area (Å²) in [5.74, 6) is -0.436. The molecule has 12 nitrogen and oxygen atoms in total. The molecular weight excluding hydrogens is 300 g/mol. The number of hydrazine groups is 2. The molecule has 0 N–H and O–H groups in total. The third-order valence-corrected chi connectivity index (χ3v) is 2.70. The molecule has 0 radical (unpaired) electrons. The predicted molar refractivity (Wildman–Crippen MR) is 69.2 cm³/mol. The number of nitrogens with zero attached hydrogens (tertiary/aromatic N) is 6. The van der Waals surface area contributed by atoms with Crippen LogP contribution >= 0.6 is 0 Å². The maximum absolute atomic E-state index is 11.4. The average Bonchev–Trinajstić information content (AvgIpc) is 3.00. The van der Waals surface area contributed by atoms with Crippen LogP contribution in [0.3, 0.4) is 0 Å². The van der Waals surface area contributed by atoms with Crippen molar-refractivity contribution in [3.05, 3.63) is 10.4 Å². The van der Waals surface area contributed by atoms with Gasteiger partial charge >= 0.3 is 5.97 Å². The Morgan fingerprint density at radius 1 is 1.27 bits per heavy atom. The molecule has 0 saturated carbocycles. The number of esters is 1. The maximum atomic E-state index is 11.4. The summed E-state index contributed by atoms with van der Waals surface area (Å²) in [6.45, 7) is 2.23. The summed E-state index contributed by atoms with van der Waals surface area (Å²) in [7, 11) is 1.43. The zero-order chi connectivity index (χ0) is 16.4. The van der Waals surface area contributed by atoms with Crippen LogP contribution in [0, 0.1) is 10.4 Å². The first-order valence-corrected chi connectivity index (χ1v) is 6.70. The van der Waals surface area contributed by atoms with Crippen molar-refractivity contribution in [3.8, 4) is 0 Å². The molecule has 0 aromatic heterocycles. The maximum Gasteiger partial charge on any atom is 0.302 e. The molecule has 1 rings (SSSR count). The minimum Gasteiger partial charge on any atom is -0.569 e. The van der Waals surface area contributed by atoms with E-state index in [0.717, 1.165) is 17.9 Å². The number of ether oxygens (including phenoxy) is 1. The van der Waals surface area contributed by atoms with Crippen LogP contribution in [0.25, 0.3) is 0 Å². The Hall–Kier alpha value is -2.53. The van der Waals surface area contributed by atoms with E-state index >= 15 is 0 Å². The van der Waals surface area contributed by atoms with Crippen LogP contribution in [0.15, 0.2) is 10.6 Å². The van der Waals surface area contributed by atoms with Gasteiger partial charge in [0.15, 0.2) is 0 Å². The number of carbonyl (C=O) groups is 1. The summed E-state index contributed by atoms with van der Waals surface area (Å²) in [6.07, 6.45) is 1.87. The summed E-state index contributed by atoms with van der Waals surface area (Å²) in [5, 5.41) is 31.7. The van der Waals surface area contributed by atoms with Crippen molar-refractivity contribution in [2.45, 2.75) is 19.8 Å². The monoisotopic (exact) mass is 320 g/mol. The number of hydrogen-bond acceptors (Lipinski definition) is 8. The Bertz CT molecular complexity index is 411. The van der Waals surface area contributed by atoms with Crippen LogP contribution in [-0.2, 0) is 19.2 Å². The van der Waals surface area contributed by atoms with E-state index in [-0.39, 0.29) is 18.1 Å². The lowest BCUT2D eigenvalue weighted by molar-refractivity contribution is -0.714. The van der Waals surface area contributed by atoms with Crippen LogP contribution in [0.5, 0.6) is 0 Å². The highest BCUT2D eigenvalue weighted by molar-refractivity contribution is 5.65. The normalized spacial score (nSPS) is 15.6. The molecule has 0 aromatic carbocycles. The molecule has 1 fully saturated rings. The largest absolute Gasteiger partial charge is 0.569 e. The summed E-state index contributed by atoms with van der Waals surface area (Å²) in [4.78, 5) is 20.2. The third kappa shape index (κ3) is 6.76. The molecule has 0 bridgehead atoms. The fourth-order valence-electron chi connectivity index (χ4n) is 1.56. The van der Waals surface area contributed by atoms with Crippen LogP contribution < -0.4 is 0 Å². The Morgan fingerprint density at radius 3 is 2.55 bits per heavy atom. The number of likely N-dealkylation sites (N-methyl/N-ethyl adjacent to an activating group) is 1. The van der Waals surface area contributed by atoms with Crippen molar-refractivity contribution >= 4 is 5.97 Å². The van der Waals surface area contributed by atoms with Gasteiger partial charge in [-0.15, -0.1) is 10.0 Å². The minimum absolute atomic E-state index is 0.0485. The lowest BCUT2D eigenvalue weighted by Crippen LogP contribution is -2.30. The van der Waals surface area contributed by atoms with Gasteiger partial charge in [-0.2, -0.15) is 0 Å². The van der Waals surface area contributed by atoms with E-state index in [2.05, 4.69) is 25.0 Å². The Balaban J connectivity index is 2.17. The van der Waals surface area contributed by atoms with E-state index in [4.69, 9.17) is 0 Å². The fourth-order valence-corrected chi connectivity index (χ4v) is 1.56. The first-order valence-electron chi connectivity index (χ1n) is 6.70. The first-order chi connectivity index (χ1) is 10.5. The van der Waals surface area contributed by atoms with Crippen molar-refractivity contribution in [3.63, 3.8) is 0 Å². The van der Waals surface area contributed by atoms with Crippen LogP contribution in [0.1, 0.15) is 19.8 Å². The molecule has 0 amide bonds. The van der Waals surface area contributed by atoms with Gasteiger partial charge in [0.1, 0.15) is 13.2 Å². The third-order valence-electron chi connectivity index (χ3n) is 2.70. The lowest BCUT2D eigenvalue weighted by atomic mass is 10.4. The molecule has 1 saturated heterocycles. The first kappa shape index (κ1) is 17.5. The molecule has 0 aliphatic carbocycles. The van der Waals surface area contributed by atoms with Crippen molar-refractivity contribution < 1.29 is 29.1 Å². The standard InChI is InChI=1S/C10H20N6O6/c1-10(17)20-8-7-13(2)15(18)11-21-9-22-12-16(19)14-5-3-4-6-14/h3-9H2,1-2H3/b15-11-,16-12-. The van der Waals surface area contributed by atoms with Crippen LogP contribution in [0.4, 0.5) is 0 Å². The van der Waals surface area contributed by atoms with E-state index < -0.39 is 12.8 Å². The number of hydrogen-bond donors (Lipinski definition) is 0. The fraction of sp³-hybridized carbons (Fsp3) is 0.900. The Labute approximate surface area is 127 Å². The Kier molecular flexibility index (Phi) is 7.50. The Morgan fingerprint density at radius 2 is 1.91 bits per heavy atom. The van der Waals surface area contributed by atoms with Gasteiger partial charge in [-0.05, 0) is 12.8 Å². The molecular formula is C10H20N6O6. The van der Waals surface area contributed by atoms with Gasteiger partial charge in [0.2, 0.25) is 10.6 Å². The molecule has 1 heterocycles. The average molecular weight is 320 g/mol. The minimum atomic E-state index is -0.483. The second-order valence-electron chi connectivity index (χ2n) is 4.43. The van der Waals surface area contributed by atoms with Crippen molar-refractivity contribution in [1.29, 1.82) is 0 Å². The van der Waals surface area contributed by atoms with Gasteiger partial charge < -0.3 is 15.2 Å². The van der Waals surface area contributed by atoms with E-state index in [0.29, 0.717) is 18.1 Å². The zero-order valence-corrected chi connectivity index (χ0v) is 12.6. The number of rotatable bonds is 9. The predicted octanol–water partition coefficient (Wildman–Crippen LogP) is 0.153. The highest BCUT2D eigenvalue weighted by Gasteiger charge is 2.18. The molecule has 12 heteroatoms. The SMILES string of the molecule is CC(=O)OCCN(C)/[N+]([O-])=N/OCO/N=[N+](\[O-])N1CCCC1. The van der Waals surface area contributed by atoms with Gasteiger partial charge in [-0.1, -0.05) is 0 Å². The zero-order valence-electron chi connectivity index (χ0n) is 12.6. The van der Waals surface area contributed by atoms with Gasteiger partial charge in [0, 0.05) is 6.92 Å². The van der Waals surface area contributed by atoms with Gasteiger partial charge in [0.25, 0.3) is 6.79 Å². The highest BCUT2D eigenvalue weighted by Crippen LogP contribution is 2.07. The highest BCUT2D eigenvalue weighted by atomic mass is 16.8.